The number of amides is 1. The third kappa shape index (κ3) is 2.30. The second kappa shape index (κ2) is 5.65. The number of β-lactam (4-membered cyclic amide) rings is 1. The monoisotopic (exact) mass is 369 g/mol. The lowest BCUT2D eigenvalue weighted by molar-refractivity contribution is -0.147. The smallest absolute Gasteiger partial charge is 0.353 e. The molecule has 1 amide bonds. The van der Waals surface area contributed by atoms with Crippen LogP contribution >= 0.6 is 24.0 Å². The number of carboxylic acids is 1. The molecule has 1 aromatic rings. The molecule has 1 aromatic heterocycles. The van der Waals surface area contributed by atoms with E-state index in [0.717, 1.165) is 9.58 Å². The molecule has 0 aliphatic carbocycles. The molecule has 0 spiro atoms. The number of carbonyl (C=O) groups is 2. The molecule has 1 saturated heterocycles. The number of carbonyl (C=O) groups excluding carboxylic acids is 1. The minimum Gasteiger partial charge on any atom is -0.488 e. The third-order valence-corrected chi connectivity index (χ3v) is 5.37. The third-order valence-electron chi connectivity index (χ3n) is 3.64. The van der Waals surface area contributed by atoms with Crippen LogP contribution in [0.4, 0.5) is 0 Å². The number of hydrogen-bond acceptors (Lipinski definition) is 9. The van der Waals surface area contributed by atoms with E-state index in [-0.39, 0.29) is 27.7 Å². The van der Waals surface area contributed by atoms with Gasteiger partial charge in [-0.25, -0.2) is 9.48 Å². The lowest BCUT2D eigenvalue weighted by Crippen LogP contribution is -2.68. The summed E-state index contributed by atoms with van der Waals surface area (Å²) in [4.78, 5) is 39.7. The van der Waals surface area contributed by atoms with Crippen LogP contribution in [0.25, 0.3) is 0 Å². The predicted octanol–water partition coefficient (Wildman–Crippen LogP) is -1.82. The first-order valence-corrected chi connectivity index (χ1v) is 8.05. The molecular formula is C12H11N5O5S2. The summed E-state index contributed by atoms with van der Waals surface area (Å²) in [5, 5.41) is 21.9. The van der Waals surface area contributed by atoms with Gasteiger partial charge in [-0.2, -0.15) is 4.98 Å². The topological polar surface area (TPSA) is 152 Å². The van der Waals surface area contributed by atoms with E-state index in [1.165, 1.54) is 18.8 Å². The molecule has 3 heterocycles. The maximum Gasteiger partial charge on any atom is 0.353 e. The van der Waals surface area contributed by atoms with Gasteiger partial charge in [-0.3, -0.25) is 14.5 Å². The van der Waals surface area contributed by atoms with Crippen LogP contribution in [0.15, 0.2) is 16.1 Å². The lowest BCUT2D eigenvalue weighted by Gasteiger charge is -2.47. The summed E-state index contributed by atoms with van der Waals surface area (Å²) in [6.45, 7) is 0. The number of aromatic hydroxyl groups is 1. The Morgan fingerprint density at radius 2 is 2.12 bits per heavy atom. The molecule has 0 bridgehead atoms. The Kier molecular flexibility index (Phi) is 3.89. The van der Waals surface area contributed by atoms with E-state index >= 15 is 0 Å². The standard InChI is InChI=1S/C12H11N5O5S2/c1-16-7(14-8(18)9(19)15-16)6(23)3-2-24-11-4(13)10(20)17(11)5(3)12(21)22/h4,11H,2,13H2,1H3,(H,15,19)(H,21,22)/t4?,11-/m0/s1. The van der Waals surface area contributed by atoms with Crippen LogP contribution in [0.5, 0.6) is 5.88 Å². The zero-order valence-electron chi connectivity index (χ0n) is 12.2. The van der Waals surface area contributed by atoms with Crippen molar-refractivity contribution in [3.8, 4) is 5.88 Å². The molecule has 4 N–H and O–H groups in total. The van der Waals surface area contributed by atoms with Crippen molar-refractivity contribution in [1.82, 2.24) is 19.7 Å². The Labute approximate surface area is 144 Å². The van der Waals surface area contributed by atoms with Crippen molar-refractivity contribution < 1.29 is 19.8 Å². The van der Waals surface area contributed by atoms with Crippen LogP contribution in [0.3, 0.4) is 0 Å². The molecule has 2 atom stereocenters. The SMILES string of the molecule is Cn1nc(O)c(=O)nc1C(=S)C1=C(C(=O)O)N2C(=O)C(N)[C@@H]2SC1. The second-order valence-corrected chi connectivity index (χ2v) is 6.60. The molecule has 126 valence electrons. The number of fused-ring (bicyclic) bond motifs is 1. The summed E-state index contributed by atoms with van der Waals surface area (Å²) < 4.78 is 1.08. The van der Waals surface area contributed by atoms with E-state index in [9.17, 15) is 24.6 Å². The molecular weight excluding hydrogens is 358 g/mol. The van der Waals surface area contributed by atoms with Gasteiger partial charge in [0.1, 0.15) is 17.1 Å². The van der Waals surface area contributed by atoms with Gasteiger partial charge in [0.25, 0.3) is 5.88 Å². The van der Waals surface area contributed by atoms with Crippen molar-refractivity contribution in [2.75, 3.05) is 5.75 Å². The zero-order chi connectivity index (χ0) is 17.8. The number of nitrogens with zero attached hydrogens (tertiary/aromatic N) is 4. The highest BCUT2D eigenvalue weighted by molar-refractivity contribution is 8.00. The van der Waals surface area contributed by atoms with Gasteiger partial charge in [0.2, 0.25) is 5.91 Å². The van der Waals surface area contributed by atoms with Crippen LogP contribution in [-0.4, -0.2) is 63.8 Å². The minimum atomic E-state index is -1.32. The summed E-state index contributed by atoms with van der Waals surface area (Å²) in [5.74, 6) is -2.50. The fourth-order valence-corrected chi connectivity index (χ4v) is 4.21. The largest absolute Gasteiger partial charge is 0.488 e. The summed E-state index contributed by atoms with van der Waals surface area (Å²) >= 11 is 6.54. The van der Waals surface area contributed by atoms with E-state index in [2.05, 4.69) is 10.1 Å². The number of aliphatic carboxylic acids is 1. The second-order valence-electron chi connectivity index (χ2n) is 5.08. The van der Waals surface area contributed by atoms with Crippen LogP contribution in [0.1, 0.15) is 5.82 Å². The number of carboxylic acid groups (broad SMARTS) is 1. The zero-order valence-corrected chi connectivity index (χ0v) is 13.8. The van der Waals surface area contributed by atoms with Gasteiger partial charge in [-0.15, -0.1) is 16.9 Å². The Balaban J connectivity index is 2.11. The van der Waals surface area contributed by atoms with Crippen molar-refractivity contribution in [3.63, 3.8) is 0 Å². The first-order chi connectivity index (χ1) is 11.2. The summed E-state index contributed by atoms with van der Waals surface area (Å²) in [6, 6.07) is -0.753. The van der Waals surface area contributed by atoms with Crippen LogP contribution < -0.4 is 11.3 Å². The number of nitrogens with two attached hydrogens (primary N) is 1. The van der Waals surface area contributed by atoms with E-state index in [1.807, 2.05) is 0 Å². The Morgan fingerprint density at radius 1 is 1.46 bits per heavy atom. The summed E-state index contributed by atoms with van der Waals surface area (Å²) in [5.41, 5.74) is 4.61. The predicted molar refractivity (Wildman–Crippen MR) is 86.4 cm³/mol. The van der Waals surface area contributed by atoms with E-state index in [0.29, 0.717) is 0 Å². The molecule has 24 heavy (non-hydrogen) atoms. The van der Waals surface area contributed by atoms with Crippen molar-refractivity contribution in [2.24, 2.45) is 12.8 Å². The van der Waals surface area contributed by atoms with Gasteiger partial charge in [0, 0.05) is 18.4 Å². The quantitative estimate of drug-likeness (QED) is 0.315. The first-order valence-electron chi connectivity index (χ1n) is 6.59. The fraction of sp³-hybridized carbons (Fsp3) is 0.333. The molecule has 12 heteroatoms. The molecule has 0 radical (unpaired) electrons. The number of aryl methyl sites for hydroxylation is 1. The lowest BCUT2D eigenvalue weighted by atomic mass is 10.0. The number of rotatable bonds is 3. The van der Waals surface area contributed by atoms with E-state index in [1.54, 1.807) is 0 Å². The normalized spacial score (nSPS) is 22.9. The molecule has 0 aromatic carbocycles. The summed E-state index contributed by atoms with van der Waals surface area (Å²) in [6.07, 6.45) is 0. The maximum atomic E-state index is 11.9. The number of thioether (sulfide) groups is 1. The number of hydrogen-bond donors (Lipinski definition) is 3. The molecule has 1 fully saturated rings. The maximum absolute atomic E-state index is 11.9. The van der Waals surface area contributed by atoms with Crippen molar-refractivity contribution in [2.45, 2.75) is 11.4 Å². The molecule has 10 nitrogen and oxygen atoms in total. The molecule has 3 rings (SSSR count). The van der Waals surface area contributed by atoms with Crippen molar-refractivity contribution in [1.29, 1.82) is 0 Å². The number of thiocarbonyl (C=S) groups is 1. The highest BCUT2D eigenvalue weighted by Crippen LogP contribution is 2.40. The summed E-state index contributed by atoms with van der Waals surface area (Å²) in [7, 11) is 1.40. The van der Waals surface area contributed by atoms with Crippen molar-refractivity contribution in [3.05, 3.63) is 27.4 Å². The number of aromatic nitrogens is 3. The Morgan fingerprint density at radius 3 is 2.75 bits per heavy atom. The van der Waals surface area contributed by atoms with Crippen LogP contribution in [0.2, 0.25) is 0 Å². The average Bonchev–Trinajstić information content (AvgIpc) is 2.55. The fourth-order valence-electron chi connectivity index (χ4n) is 2.47. The van der Waals surface area contributed by atoms with Gasteiger partial charge in [0.15, 0.2) is 5.82 Å². The van der Waals surface area contributed by atoms with Crippen LogP contribution in [0, 0.1) is 0 Å². The van der Waals surface area contributed by atoms with Gasteiger partial charge in [0.05, 0.1) is 4.86 Å². The highest BCUT2D eigenvalue weighted by Gasteiger charge is 2.52. The molecule has 2 aliphatic heterocycles. The first kappa shape index (κ1) is 16.5. The van der Waals surface area contributed by atoms with E-state index in [4.69, 9.17) is 18.0 Å². The minimum absolute atomic E-state index is 0.0290. The van der Waals surface area contributed by atoms with Crippen LogP contribution in [-0.2, 0) is 16.6 Å². The van der Waals surface area contributed by atoms with E-state index < -0.39 is 34.7 Å². The molecule has 2 aliphatic rings. The van der Waals surface area contributed by atoms with Gasteiger partial charge < -0.3 is 15.9 Å². The highest BCUT2D eigenvalue weighted by atomic mass is 32.2. The van der Waals surface area contributed by atoms with Gasteiger partial charge >= 0.3 is 11.5 Å². The Bertz CT molecular complexity index is 879. The molecule has 1 unspecified atom stereocenters. The van der Waals surface area contributed by atoms with Crippen molar-refractivity contribution >= 4 is 40.7 Å². The molecule has 0 saturated carbocycles. The Hall–Kier alpha value is -2.31. The van der Waals surface area contributed by atoms with Gasteiger partial charge in [-0.1, -0.05) is 12.2 Å². The average molecular weight is 369 g/mol. The van der Waals surface area contributed by atoms with Gasteiger partial charge in [-0.05, 0) is 0 Å².